The summed E-state index contributed by atoms with van der Waals surface area (Å²) in [4.78, 5) is 19.5. The lowest BCUT2D eigenvalue weighted by molar-refractivity contribution is 0.0987. The number of aromatic nitrogens is 1. The van der Waals surface area contributed by atoms with Gasteiger partial charge in [0.1, 0.15) is 11.6 Å². The first-order chi connectivity index (χ1) is 12.1. The highest BCUT2D eigenvalue weighted by molar-refractivity contribution is 7.22. The number of rotatable bonds is 4. The van der Waals surface area contributed by atoms with E-state index < -0.39 is 0 Å². The number of benzene rings is 1. The number of carbonyl (C=O) groups is 1. The SMILES string of the molecule is O=C(c1ccc(Cl)s1)N(Cc1ccco1)c1nc2ccc(F)cc2s1. The van der Waals surface area contributed by atoms with E-state index in [1.54, 1.807) is 36.6 Å². The fourth-order valence-electron chi connectivity index (χ4n) is 2.35. The number of furan rings is 1. The Bertz CT molecular complexity index is 1040. The molecule has 8 heteroatoms. The highest BCUT2D eigenvalue weighted by Crippen LogP contribution is 2.32. The maximum atomic E-state index is 13.4. The summed E-state index contributed by atoms with van der Waals surface area (Å²) in [6.45, 7) is 0.226. The second-order valence-electron chi connectivity index (χ2n) is 5.18. The zero-order valence-corrected chi connectivity index (χ0v) is 15.0. The molecule has 0 aliphatic heterocycles. The predicted molar refractivity (Wildman–Crippen MR) is 98.1 cm³/mol. The molecule has 0 saturated heterocycles. The highest BCUT2D eigenvalue weighted by Gasteiger charge is 2.24. The van der Waals surface area contributed by atoms with E-state index >= 15 is 0 Å². The Balaban J connectivity index is 1.76. The van der Waals surface area contributed by atoms with Crippen molar-refractivity contribution in [2.24, 2.45) is 0 Å². The first-order valence-electron chi connectivity index (χ1n) is 7.26. The third kappa shape index (κ3) is 3.30. The van der Waals surface area contributed by atoms with Crippen LogP contribution in [0.1, 0.15) is 15.4 Å². The molecule has 126 valence electrons. The van der Waals surface area contributed by atoms with Crippen LogP contribution in [0, 0.1) is 5.82 Å². The zero-order valence-electron chi connectivity index (χ0n) is 12.6. The topological polar surface area (TPSA) is 46.3 Å². The minimum atomic E-state index is -0.336. The second-order valence-corrected chi connectivity index (χ2v) is 7.91. The summed E-state index contributed by atoms with van der Waals surface area (Å²) in [5, 5.41) is 0.478. The molecule has 0 radical (unpaired) electrons. The number of hydrogen-bond acceptors (Lipinski definition) is 5. The molecule has 0 aliphatic rings. The van der Waals surface area contributed by atoms with E-state index in [9.17, 15) is 9.18 Å². The number of hydrogen-bond donors (Lipinski definition) is 0. The van der Waals surface area contributed by atoms with E-state index in [-0.39, 0.29) is 18.3 Å². The van der Waals surface area contributed by atoms with Crippen LogP contribution in [-0.2, 0) is 6.54 Å². The third-order valence-electron chi connectivity index (χ3n) is 3.49. The summed E-state index contributed by atoms with van der Waals surface area (Å²) >= 11 is 8.41. The number of fused-ring (bicyclic) bond motifs is 1. The van der Waals surface area contributed by atoms with Crippen LogP contribution < -0.4 is 4.90 Å². The van der Waals surface area contributed by atoms with Gasteiger partial charge in [-0.05, 0) is 42.5 Å². The van der Waals surface area contributed by atoms with Crippen molar-refractivity contribution in [3.05, 3.63) is 69.5 Å². The average molecular weight is 393 g/mol. The van der Waals surface area contributed by atoms with Crippen molar-refractivity contribution in [1.29, 1.82) is 0 Å². The van der Waals surface area contributed by atoms with Gasteiger partial charge in [-0.15, -0.1) is 11.3 Å². The Kier molecular flexibility index (Phi) is 4.29. The van der Waals surface area contributed by atoms with Gasteiger partial charge in [0, 0.05) is 0 Å². The molecule has 0 N–H and O–H groups in total. The molecule has 0 unspecified atom stereocenters. The van der Waals surface area contributed by atoms with Gasteiger partial charge < -0.3 is 4.42 Å². The molecule has 0 bridgehead atoms. The van der Waals surface area contributed by atoms with Crippen molar-refractivity contribution in [1.82, 2.24) is 4.98 Å². The fraction of sp³-hybridized carbons (Fsp3) is 0.0588. The van der Waals surface area contributed by atoms with Crippen LogP contribution in [-0.4, -0.2) is 10.9 Å². The summed E-state index contributed by atoms with van der Waals surface area (Å²) in [6, 6.07) is 11.3. The Morgan fingerprint density at radius 2 is 2.12 bits per heavy atom. The van der Waals surface area contributed by atoms with Crippen LogP contribution in [0.25, 0.3) is 10.2 Å². The fourth-order valence-corrected chi connectivity index (χ4v) is 4.33. The second kappa shape index (κ2) is 6.59. The standard InChI is InChI=1S/C17H10ClFN2O2S2/c18-15-6-5-13(24-15)16(22)21(9-11-2-1-7-23-11)17-20-12-4-3-10(19)8-14(12)25-17/h1-8H,9H2. The van der Waals surface area contributed by atoms with E-state index in [4.69, 9.17) is 16.0 Å². The molecule has 4 aromatic rings. The van der Waals surface area contributed by atoms with E-state index in [1.807, 2.05) is 0 Å². The molecule has 0 fully saturated rings. The lowest BCUT2D eigenvalue weighted by Gasteiger charge is -2.17. The van der Waals surface area contributed by atoms with Gasteiger partial charge in [0.2, 0.25) is 0 Å². The number of halogens is 2. The third-order valence-corrected chi connectivity index (χ3v) is 5.75. The summed E-state index contributed by atoms with van der Waals surface area (Å²) in [5.74, 6) is 0.0610. The van der Waals surface area contributed by atoms with E-state index in [1.165, 1.54) is 39.7 Å². The molecule has 3 aromatic heterocycles. The number of nitrogens with zero attached hydrogens (tertiary/aromatic N) is 2. The Labute approximate surface area is 155 Å². The van der Waals surface area contributed by atoms with E-state index in [2.05, 4.69) is 4.98 Å². The smallest absolute Gasteiger partial charge is 0.270 e. The first kappa shape index (κ1) is 16.3. The lowest BCUT2D eigenvalue weighted by Crippen LogP contribution is -2.29. The Morgan fingerprint density at radius 1 is 1.24 bits per heavy atom. The normalized spacial score (nSPS) is 11.1. The van der Waals surface area contributed by atoms with Crippen molar-refractivity contribution < 1.29 is 13.6 Å². The number of thiazole rings is 1. The maximum Gasteiger partial charge on any atom is 0.270 e. The molecule has 0 aliphatic carbocycles. The monoisotopic (exact) mass is 392 g/mol. The molecular weight excluding hydrogens is 383 g/mol. The van der Waals surface area contributed by atoms with Crippen LogP contribution in [0.5, 0.6) is 0 Å². The Hall–Kier alpha value is -2.22. The van der Waals surface area contributed by atoms with Gasteiger partial charge in [-0.1, -0.05) is 22.9 Å². The number of thiophene rings is 1. The van der Waals surface area contributed by atoms with Crippen LogP contribution in [0.2, 0.25) is 4.34 Å². The van der Waals surface area contributed by atoms with E-state index in [0.29, 0.717) is 30.3 Å². The minimum absolute atomic E-state index is 0.226. The quantitative estimate of drug-likeness (QED) is 0.454. The Morgan fingerprint density at radius 3 is 2.84 bits per heavy atom. The summed E-state index contributed by atoms with van der Waals surface area (Å²) in [7, 11) is 0. The highest BCUT2D eigenvalue weighted by atomic mass is 35.5. The number of anilines is 1. The minimum Gasteiger partial charge on any atom is -0.467 e. The van der Waals surface area contributed by atoms with Crippen molar-refractivity contribution >= 4 is 55.5 Å². The summed E-state index contributed by atoms with van der Waals surface area (Å²) in [5.41, 5.74) is 0.642. The average Bonchev–Trinajstić information content (AvgIpc) is 3.31. The molecule has 3 heterocycles. The summed E-state index contributed by atoms with van der Waals surface area (Å²) in [6.07, 6.45) is 1.55. The molecule has 0 atom stereocenters. The van der Waals surface area contributed by atoms with Crippen LogP contribution in [0.4, 0.5) is 9.52 Å². The van der Waals surface area contributed by atoms with Gasteiger partial charge in [-0.25, -0.2) is 9.37 Å². The van der Waals surface area contributed by atoms with Gasteiger partial charge in [0.05, 0.1) is 32.2 Å². The predicted octanol–water partition coefficient (Wildman–Crippen LogP) is 5.59. The molecule has 0 saturated carbocycles. The van der Waals surface area contributed by atoms with Gasteiger partial charge in [-0.2, -0.15) is 0 Å². The molecule has 4 nitrogen and oxygen atoms in total. The van der Waals surface area contributed by atoms with Gasteiger partial charge in [0.15, 0.2) is 5.13 Å². The molecule has 0 spiro atoms. The first-order valence-corrected chi connectivity index (χ1v) is 9.27. The lowest BCUT2D eigenvalue weighted by atomic mass is 10.3. The molecule has 1 amide bonds. The van der Waals surface area contributed by atoms with Crippen molar-refractivity contribution in [2.75, 3.05) is 4.90 Å². The molecule has 4 rings (SSSR count). The number of amides is 1. The van der Waals surface area contributed by atoms with Gasteiger partial charge in [-0.3, -0.25) is 9.69 Å². The molecule has 1 aromatic carbocycles. The zero-order chi connectivity index (χ0) is 17.4. The van der Waals surface area contributed by atoms with Gasteiger partial charge >= 0.3 is 0 Å². The van der Waals surface area contributed by atoms with Crippen molar-refractivity contribution in [3.8, 4) is 0 Å². The van der Waals surface area contributed by atoms with E-state index in [0.717, 1.165) is 0 Å². The van der Waals surface area contributed by atoms with Crippen LogP contribution in [0.15, 0.2) is 53.1 Å². The van der Waals surface area contributed by atoms with Crippen molar-refractivity contribution in [2.45, 2.75) is 6.54 Å². The molecule has 25 heavy (non-hydrogen) atoms. The molecular formula is C17H10ClFN2O2S2. The van der Waals surface area contributed by atoms with Crippen LogP contribution in [0.3, 0.4) is 0 Å². The van der Waals surface area contributed by atoms with Gasteiger partial charge in [0.25, 0.3) is 5.91 Å². The summed E-state index contributed by atoms with van der Waals surface area (Å²) < 4.78 is 20.0. The maximum absolute atomic E-state index is 13.4. The van der Waals surface area contributed by atoms with Crippen LogP contribution >= 0.6 is 34.3 Å². The number of carbonyl (C=O) groups excluding carboxylic acids is 1. The van der Waals surface area contributed by atoms with Crippen molar-refractivity contribution in [3.63, 3.8) is 0 Å². The largest absolute Gasteiger partial charge is 0.467 e.